The molecule has 0 aliphatic carbocycles. The van der Waals surface area contributed by atoms with Gasteiger partial charge in [0.05, 0.1) is 30.6 Å². The molecular weight excluding hydrogens is 390 g/mol. The Labute approximate surface area is 180 Å². The van der Waals surface area contributed by atoms with Crippen LogP contribution in [0.3, 0.4) is 0 Å². The van der Waals surface area contributed by atoms with Gasteiger partial charge in [0, 0.05) is 36.6 Å². The number of H-pyrrole nitrogens is 1. The smallest absolute Gasteiger partial charge is 0.183 e. The van der Waals surface area contributed by atoms with Crippen molar-refractivity contribution in [2.75, 3.05) is 31.1 Å². The van der Waals surface area contributed by atoms with Crippen LogP contribution >= 0.6 is 0 Å². The van der Waals surface area contributed by atoms with Crippen molar-refractivity contribution in [3.05, 3.63) is 66.0 Å². The molecule has 0 amide bonds. The van der Waals surface area contributed by atoms with Crippen LogP contribution in [0, 0.1) is 6.92 Å². The molecule has 4 aromatic rings. The van der Waals surface area contributed by atoms with E-state index in [1.807, 2.05) is 37.3 Å². The van der Waals surface area contributed by atoms with Gasteiger partial charge < -0.3 is 15.0 Å². The number of nitrogens with zero attached hydrogens (tertiary/aromatic N) is 5. The van der Waals surface area contributed by atoms with Gasteiger partial charge in [-0.2, -0.15) is 10.2 Å². The topological polar surface area (TPSA) is 91.9 Å². The third kappa shape index (κ3) is 4.40. The molecule has 0 bridgehead atoms. The van der Waals surface area contributed by atoms with Gasteiger partial charge in [-0.3, -0.25) is 5.10 Å². The Bertz CT molecular complexity index is 1160. The summed E-state index contributed by atoms with van der Waals surface area (Å²) in [5.41, 5.74) is 4.08. The van der Waals surface area contributed by atoms with E-state index in [1.54, 1.807) is 6.20 Å². The number of nitrogens with one attached hydrogen (secondary N) is 2. The quantitative estimate of drug-likeness (QED) is 0.500. The average Bonchev–Trinajstić information content (AvgIpc) is 3.20. The first-order valence-corrected chi connectivity index (χ1v) is 10.5. The number of piperazine rings is 1. The van der Waals surface area contributed by atoms with E-state index < -0.39 is 0 Å². The Morgan fingerprint density at radius 1 is 1.16 bits per heavy atom. The number of hydrogen-bond donors (Lipinski definition) is 2. The average molecular weight is 416 g/mol. The van der Waals surface area contributed by atoms with Crippen LogP contribution < -0.4 is 10.2 Å². The lowest BCUT2D eigenvalue weighted by Gasteiger charge is -2.34. The van der Waals surface area contributed by atoms with Gasteiger partial charge >= 0.3 is 0 Å². The number of benzene rings is 2. The summed E-state index contributed by atoms with van der Waals surface area (Å²) in [6.45, 7) is 5.80. The van der Waals surface area contributed by atoms with Crippen molar-refractivity contribution >= 4 is 16.7 Å². The Morgan fingerprint density at radius 2 is 2.06 bits per heavy atom. The number of rotatable bonds is 6. The molecule has 0 radical (unpaired) electrons. The summed E-state index contributed by atoms with van der Waals surface area (Å²) in [6, 6.07) is 16.5. The Kier molecular flexibility index (Phi) is 5.56. The molecule has 2 N–H and O–H groups in total. The second kappa shape index (κ2) is 8.79. The standard InChI is InChI=1S/C23H25N7O/c1-16-20-11-18(7-8-21(20)28-27-16)23-26-22(12-25-29-23)30-10-9-24-19(13-30)15-31-14-17-5-3-2-4-6-17/h2-8,11-12,19,24H,9-10,13-15H2,1H3,(H,27,28)/t19-/m1/s1. The van der Waals surface area contributed by atoms with Gasteiger partial charge in [0.25, 0.3) is 0 Å². The maximum absolute atomic E-state index is 5.93. The first-order chi connectivity index (χ1) is 15.3. The number of fused-ring (bicyclic) bond motifs is 1. The molecule has 1 atom stereocenters. The number of aromatic nitrogens is 5. The molecule has 1 aliphatic rings. The van der Waals surface area contributed by atoms with Crippen LogP contribution in [-0.4, -0.2) is 57.7 Å². The minimum atomic E-state index is 0.237. The van der Waals surface area contributed by atoms with E-state index in [-0.39, 0.29) is 6.04 Å². The van der Waals surface area contributed by atoms with Crippen LogP contribution in [0.15, 0.2) is 54.7 Å². The number of aryl methyl sites for hydroxylation is 1. The largest absolute Gasteiger partial charge is 0.375 e. The molecule has 158 valence electrons. The van der Waals surface area contributed by atoms with Crippen molar-refractivity contribution in [1.82, 2.24) is 30.7 Å². The fourth-order valence-corrected chi connectivity index (χ4v) is 3.89. The fraction of sp³-hybridized carbons (Fsp3) is 0.304. The second-order valence-electron chi connectivity index (χ2n) is 7.81. The summed E-state index contributed by atoms with van der Waals surface area (Å²) in [5, 5.41) is 20.4. The summed E-state index contributed by atoms with van der Waals surface area (Å²) in [6.07, 6.45) is 1.73. The summed E-state index contributed by atoms with van der Waals surface area (Å²) in [7, 11) is 0. The van der Waals surface area contributed by atoms with Crippen molar-refractivity contribution in [3.63, 3.8) is 0 Å². The SMILES string of the molecule is Cc1n[nH]c2ccc(-c3nncc(N4CCN[C@@H](COCc5ccccc5)C4)n3)cc12. The van der Waals surface area contributed by atoms with Gasteiger partial charge in [-0.1, -0.05) is 30.3 Å². The predicted octanol–water partition coefficient (Wildman–Crippen LogP) is 2.72. The van der Waals surface area contributed by atoms with E-state index in [2.05, 4.69) is 48.8 Å². The highest BCUT2D eigenvalue weighted by Crippen LogP contribution is 2.24. The van der Waals surface area contributed by atoms with Crippen LogP contribution in [-0.2, 0) is 11.3 Å². The maximum atomic E-state index is 5.93. The first kappa shape index (κ1) is 19.6. The summed E-state index contributed by atoms with van der Waals surface area (Å²) in [5.74, 6) is 1.46. The van der Waals surface area contributed by atoms with E-state index >= 15 is 0 Å². The number of aromatic amines is 1. The molecule has 5 rings (SSSR count). The van der Waals surface area contributed by atoms with E-state index in [0.717, 1.165) is 47.6 Å². The summed E-state index contributed by atoms with van der Waals surface area (Å²) < 4.78 is 5.93. The molecule has 0 saturated carbocycles. The highest BCUT2D eigenvalue weighted by molar-refractivity contribution is 5.85. The molecule has 1 fully saturated rings. The molecular formula is C23H25N7O. The number of hydrogen-bond acceptors (Lipinski definition) is 7. The molecule has 1 aliphatic heterocycles. The molecule has 0 unspecified atom stereocenters. The molecule has 2 aromatic carbocycles. The highest BCUT2D eigenvalue weighted by Gasteiger charge is 2.21. The van der Waals surface area contributed by atoms with Gasteiger partial charge in [-0.05, 0) is 30.7 Å². The zero-order valence-corrected chi connectivity index (χ0v) is 17.5. The third-order valence-corrected chi connectivity index (χ3v) is 5.57. The van der Waals surface area contributed by atoms with Crippen molar-refractivity contribution < 1.29 is 4.74 Å². The normalized spacial score (nSPS) is 16.7. The lowest BCUT2D eigenvalue weighted by molar-refractivity contribution is 0.0971. The number of ether oxygens (including phenoxy) is 1. The zero-order valence-electron chi connectivity index (χ0n) is 17.5. The molecule has 31 heavy (non-hydrogen) atoms. The Balaban J connectivity index is 1.26. The Morgan fingerprint density at radius 3 is 2.97 bits per heavy atom. The lowest BCUT2D eigenvalue weighted by Crippen LogP contribution is -2.53. The van der Waals surface area contributed by atoms with Crippen molar-refractivity contribution in [2.45, 2.75) is 19.6 Å². The molecule has 0 spiro atoms. The number of anilines is 1. The van der Waals surface area contributed by atoms with Crippen LogP contribution in [0.5, 0.6) is 0 Å². The predicted molar refractivity (Wildman–Crippen MR) is 120 cm³/mol. The van der Waals surface area contributed by atoms with Crippen molar-refractivity contribution in [3.8, 4) is 11.4 Å². The molecule has 8 nitrogen and oxygen atoms in total. The molecule has 2 aromatic heterocycles. The van der Waals surface area contributed by atoms with Gasteiger partial charge in [0.15, 0.2) is 11.6 Å². The van der Waals surface area contributed by atoms with Gasteiger partial charge in [-0.15, -0.1) is 5.10 Å². The Hall–Kier alpha value is -3.36. The lowest BCUT2D eigenvalue weighted by atomic mass is 10.1. The maximum Gasteiger partial charge on any atom is 0.183 e. The van der Waals surface area contributed by atoms with E-state index in [9.17, 15) is 0 Å². The molecule has 3 heterocycles. The van der Waals surface area contributed by atoms with Crippen molar-refractivity contribution in [2.24, 2.45) is 0 Å². The van der Waals surface area contributed by atoms with Crippen LogP contribution in [0.1, 0.15) is 11.3 Å². The van der Waals surface area contributed by atoms with Crippen molar-refractivity contribution in [1.29, 1.82) is 0 Å². The molecule has 8 heteroatoms. The van der Waals surface area contributed by atoms with E-state index in [1.165, 1.54) is 5.56 Å². The first-order valence-electron chi connectivity index (χ1n) is 10.5. The van der Waals surface area contributed by atoms with E-state index in [4.69, 9.17) is 9.72 Å². The van der Waals surface area contributed by atoms with Gasteiger partial charge in [-0.25, -0.2) is 4.98 Å². The monoisotopic (exact) mass is 415 g/mol. The third-order valence-electron chi connectivity index (χ3n) is 5.57. The summed E-state index contributed by atoms with van der Waals surface area (Å²) >= 11 is 0. The zero-order chi connectivity index (χ0) is 21.0. The second-order valence-corrected chi connectivity index (χ2v) is 7.81. The highest BCUT2D eigenvalue weighted by atomic mass is 16.5. The summed E-state index contributed by atoms with van der Waals surface area (Å²) in [4.78, 5) is 7.05. The minimum absolute atomic E-state index is 0.237. The molecule has 1 saturated heterocycles. The van der Waals surface area contributed by atoms with Gasteiger partial charge in [0.1, 0.15) is 0 Å². The van der Waals surface area contributed by atoms with Gasteiger partial charge in [0.2, 0.25) is 0 Å². The van der Waals surface area contributed by atoms with Crippen LogP contribution in [0.2, 0.25) is 0 Å². The minimum Gasteiger partial charge on any atom is -0.375 e. The van der Waals surface area contributed by atoms with Crippen LogP contribution in [0.25, 0.3) is 22.3 Å². The fourth-order valence-electron chi connectivity index (χ4n) is 3.89. The van der Waals surface area contributed by atoms with Crippen LogP contribution in [0.4, 0.5) is 5.82 Å². The van der Waals surface area contributed by atoms with E-state index in [0.29, 0.717) is 19.0 Å².